The maximum absolute atomic E-state index is 11.7. The van der Waals surface area contributed by atoms with Gasteiger partial charge in [-0.1, -0.05) is 18.2 Å². The summed E-state index contributed by atoms with van der Waals surface area (Å²) in [5, 5.41) is 18.9. The van der Waals surface area contributed by atoms with Crippen molar-refractivity contribution < 1.29 is 9.90 Å². The Morgan fingerprint density at radius 1 is 1.04 bits per heavy atom. The van der Waals surface area contributed by atoms with E-state index in [-0.39, 0.29) is 5.56 Å². The van der Waals surface area contributed by atoms with Crippen LogP contribution >= 0.6 is 0 Å². The fourth-order valence-corrected chi connectivity index (χ4v) is 2.84. The molecule has 3 aromatic rings. The van der Waals surface area contributed by atoms with E-state index >= 15 is 0 Å². The molecule has 0 unspecified atom stereocenters. The molecule has 0 saturated carbocycles. The van der Waals surface area contributed by atoms with Gasteiger partial charge >= 0.3 is 5.97 Å². The predicted octanol–water partition coefficient (Wildman–Crippen LogP) is 5.19. The Morgan fingerprint density at radius 2 is 1.77 bits per heavy atom. The van der Waals surface area contributed by atoms with Gasteiger partial charge in [-0.05, 0) is 44.2 Å². The van der Waals surface area contributed by atoms with Crippen molar-refractivity contribution in [2.45, 2.75) is 13.8 Å². The van der Waals surface area contributed by atoms with Gasteiger partial charge in [0.1, 0.15) is 11.4 Å². The summed E-state index contributed by atoms with van der Waals surface area (Å²) >= 11 is 0. The lowest BCUT2D eigenvalue weighted by atomic mass is 10.1. The Hall–Kier alpha value is -3.28. The smallest absolute Gasteiger partial charge is 0.338 e. The van der Waals surface area contributed by atoms with E-state index in [1.165, 1.54) is 0 Å². The second-order valence-corrected chi connectivity index (χ2v) is 5.73. The van der Waals surface area contributed by atoms with Gasteiger partial charge < -0.3 is 10.0 Å². The van der Waals surface area contributed by atoms with Crippen LogP contribution in [0, 0.1) is 0 Å². The molecule has 2 aromatic carbocycles. The molecule has 0 aliphatic rings. The molecule has 132 valence electrons. The van der Waals surface area contributed by atoms with E-state index in [4.69, 9.17) is 0 Å². The second kappa shape index (κ2) is 7.74. The van der Waals surface area contributed by atoms with Crippen LogP contribution in [0.3, 0.4) is 0 Å². The third kappa shape index (κ3) is 3.54. The van der Waals surface area contributed by atoms with Crippen LogP contribution in [0.2, 0.25) is 0 Å². The Morgan fingerprint density at radius 3 is 2.50 bits per heavy atom. The number of aromatic nitrogens is 1. The number of anilines is 1. The van der Waals surface area contributed by atoms with E-state index in [2.05, 4.69) is 20.1 Å². The molecule has 0 radical (unpaired) electrons. The average Bonchev–Trinajstić information content (AvgIpc) is 2.67. The van der Waals surface area contributed by atoms with Crippen molar-refractivity contribution in [2.75, 3.05) is 18.0 Å². The number of hydrogen-bond donors (Lipinski definition) is 1. The zero-order chi connectivity index (χ0) is 18.5. The fourth-order valence-electron chi connectivity index (χ4n) is 2.84. The number of aromatic carboxylic acids is 1. The van der Waals surface area contributed by atoms with Crippen molar-refractivity contribution in [1.29, 1.82) is 0 Å². The first-order chi connectivity index (χ1) is 12.6. The number of carbonyl (C=O) groups is 1. The summed E-state index contributed by atoms with van der Waals surface area (Å²) in [5.74, 6) is -1.02. The maximum Gasteiger partial charge on any atom is 0.338 e. The first-order valence-corrected chi connectivity index (χ1v) is 8.51. The minimum atomic E-state index is -1.02. The Kier molecular flexibility index (Phi) is 5.22. The molecule has 0 atom stereocenters. The molecule has 0 spiro atoms. The minimum Gasteiger partial charge on any atom is -0.478 e. The van der Waals surface area contributed by atoms with Crippen molar-refractivity contribution in [3.63, 3.8) is 0 Å². The number of nitrogens with zero attached hydrogens (tertiary/aromatic N) is 4. The zero-order valence-electron chi connectivity index (χ0n) is 14.8. The Bertz CT molecular complexity index is 960. The number of azo groups is 1. The molecule has 0 aliphatic heterocycles. The summed E-state index contributed by atoms with van der Waals surface area (Å²) in [6.45, 7) is 5.67. The van der Waals surface area contributed by atoms with E-state index in [1.54, 1.807) is 18.3 Å². The van der Waals surface area contributed by atoms with Crippen molar-refractivity contribution in [2.24, 2.45) is 10.2 Å². The predicted molar refractivity (Wildman–Crippen MR) is 103 cm³/mol. The van der Waals surface area contributed by atoms with Gasteiger partial charge in [-0.3, -0.25) is 4.98 Å². The second-order valence-electron chi connectivity index (χ2n) is 5.73. The van der Waals surface area contributed by atoms with E-state index in [0.29, 0.717) is 11.4 Å². The summed E-state index contributed by atoms with van der Waals surface area (Å²) in [4.78, 5) is 18.1. The molecule has 0 fully saturated rings. The molecule has 1 aromatic heterocycles. The third-order valence-corrected chi connectivity index (χ3v) is 4.22. The van der Waals surface area contributed by atoms with E-state index in [1.807, 2.05) is 50.2 Å². The third-order valence-electron chi connectivity index (χ3n) is 4.22. The highest BCUT2D eigenvalue weighted by Gasteiger charge is 2.13. The summed E-state index contributed by atoms with van der Waals surface area (Å²) in [6.07, 6.45) is 1.70. The van der Waals surface area contributed by atoms with Crippen molar-refractivity contribution >= 4 is 33.9 Å². The quantitative estimate of drug-likeness (QED) is 0.621. The summed E-state index contributed by atoms with van der Waals surface area (Å²) in [7, 11) is 0. The largest absolute Gasteiger partial charge is 0.478 e. The van der Waals surface area contributed by atoms with Gasteiger partial charge in [-0.2, -0.15) is 0 Å². The van der Waals surface area contributed by atoms with Crippen LogP contribution in [0.5, 0.6) is 0 Å². The standard InChI is InChI=1S/C20H20N4O2/c1-3-24(4-2)15-10-11-17(16(13-15)20(25)26)22-23-18-9-5-7-14-8-6-12-21-19(14)18/h5-13H,3-4H2,1-2H3,(H,25,26)/b23-22+. The van der Waals surface area contributed by atoms with Crippen molar-refractivity contribution in [3.8, 4) is 0 Å². The fraction of sp³-hybridized carbons (Fsp3) is 0.200. The lowest BCUT2D eigenvalue weighted by molar-refractivity contribution is 0.0698. The van der Waals surface area contributed by atoms with Crippen molar-refractivity contribution in [3.05, 3.63) is 60.3 Å². The number of rotatable bonds is 6. The summed E-state index contributed by atoms with van der Waals surface area (Å²) in [6, 6.07) is 14.6. The topological polar surface area (TPSA) is 78.2 Å². The lowest BCUT2D eigenvalue weighted by Gasteiger charge is -2.21. The highest BCUT2D eigenvalue weighted by Crippen LogP contribution is 2.29. The van der Waals surface area contributed by atoms with E-state index in [9.17, 15) is 9.90 Å². The van der Waals surface area contributed by atoms with Gasteiger partial charge in [0.25, 0.3) is 0 Å². The summed E-state index contributed by atoms with van der Waals surface area (Å²) < 4.78 is 0. The molecule has 0 saturated heterocycles. The first-order valence-electron chi connectivity index (χ1n) is 8.51. The first kappa shape index (κ1) is 17.5. The van der Waals surface area contributed by atoms with Crippen LogP contribution in [-0.2, 0) is 0 Å². The van der Waals surface area contributed by atoms with Gasteiger partial charge in [-0.25, -0.2) is 4.79 Å². The van der Waals surface area contributed by atoms with Gasteiger partial charge in [-0.15, -0.1) is 10.2 Å². The lowest BCUT2D eigenvalue weighted by Crippen LogP contribution is -2.22. The highest BCUT2D eigenvalue weighted by atomic mass is 16.4. The van der Waals surface area contributed by atoms with E-state index in [0.717, 1.165) is 29.7 Å². The maximum atomic E-state index is 11.7. The molecule has 6 heteroatoms. The molecular formula is C20H20N4O2. The molecule has 1 N–H and O–H groups in total. The average molecular weight is 348 g/mol. The molecule has 0 aliphatic carbocycles. The minimum absolute atomic E-state index is 0.131. The molecule has 0 amide bonds. The molecule has 6 nitrogen and oxygen atoms in total. The zero-order valence-corrected chi connectivity index (χ0v) is 14.8. The Labute approximate surface area is 151 Å². The van der Waals surface area contributed by atoms with Crippen LogP contribution in [-0.4, -0.2) is 29.1 Å². The molecule has 26 heavy (non-hydrogen) atoms. The van der Waals surface area contributed by atoms with E-state index < -0.39 is 5.97 Å². The van der Waals surface area contributed by atoms with Crippen LogP contribution in [0.25, 0.3) is 10.9 Å². The number of benzene rings is 2. The molecule has 3 rings (SSSR count). The van der Waals surface area contributed by atoms with Crippen molar-refractivity contribution in [1.82, 2.24) is 4.98 Å². The van der Waals surface area contributed by atoms with Gasteiger partial charge in [0.05, 0.1) is 11.1 Å². The SMILES string of the molecule is CCN(CC)c1ccc(/N=N/c2cccc3cccnc23)c(C(=O)O)c1. The van der Waals surface area contributed by atoms with Crippen LogP contribution in [0.15, 0.2) is 65.0 Å². The molecule has 1 heterocycles. The Balaban J connectivity index is 2.01. The summed E-state index contributed by atoms with van der Waals surface area (Å²) in [5.41, 5.74) is 2.65. The number of carboxylic acid groups (broad SMARTS) is 1. The van der Waals surface area contributed by atoms with Gasteiger partial charge in [0.2, 0.25) is 0 Å². The van der Waals surface area contributed by atoms with Crippen LogP contribution in [0.4, 0.5) is 17.1 Å². The van der Waals surface area contributed by atoms with Gasteiger partial charge in [0, 0.05) is 30.4 Å². The van der Waals surface area contributed by atoms with Crippen LogP contribution < -0.4 is 4.90 Å². The number of carboxylic acids is 1. The number of para-hydroxylation sites is 1. The normalized spacial score (nSPS) is 11.2. The molecular weight excluding hydrogens is 328 g/mol. The number of pyridine rings is 1. The number of hydrogen-bond acceptors (Lipinski definition) is 5. The number of fused-ring (bicyclic) bond motifs is 1. The monoisotopic (exact) mass is 348 g/mol. The van der Waals surface area contributed by atoms with Crippen LogP contribution in [0.1, 0.15) is 24.2 Å². The highest BCUT2D eigenvalue weighted by molar-refractivity contribution is 5.95. The molecule has 0 bridgehead atoms. The van der Waals surface area contributed by atoms with Gasteiger partial charge in [0.15, 0.2) is 0 Å².